The Bertz CT molecular complexity index is 1220. The predicted molar refractivity (Wildman–Crippen MR) is 151 cm³/mol. The van der Waals surface area contributed by atoms with Crippen LogP contribution >= 0.6 is 0 Å². The number of carbonyl (C=O) groups excluding carboxylic acids is 4. The molecule has 5 rings (SSSR count). The van der Waals surface area contributed by atoms with Crippen molar-refractivity contribution in [3.63, 3.8) is 0 Å². The molecule has 0 bridgehead atoms. The van der Waals surface area contributed by atoms with E-state index in [9.17, 15) is 19.2 Å². The van der Waals surface area contributed by atoms with Gasteiger partial charge in [-0.1, -0.05) is 18.2 Å². The highest BCUT2D eigenvalue weighted by Crippen LogP contribution is 2.39. The Morgan fingerprint density at radius 2 is 1.55 bits per heavy atom. The summed E-state index contributed by atoms with van der Waals surface area (Å²) in [6.07, 6.45) is 4.08. The van der Waals surface area contributed by atoms with Crippen molar-refractivity contribution >= 4 is 35.2 Å². The molecule has 4 amide bonds. The van der Waals surface area contributed by atoms with E-state index in [1.807, 2.05) is 35.2 Å². The van der Waals surface area contributed by atoms with Crippen LogP contribution in [0.15, 0.2) is 54.6 Å². The number of ether oxygens (including phenoxy) is 1. The highest BCUT2D eigenvalue weighted by molar-refractivity contribution is 5.97. The van der Waals surface area contributed by atoms with Crippen molar-refractivity contribution in [3.05, 3.63) is 60.2 Å². The molecule has 1 N–H and O–H groups in total. The Morgan fingerprint density at radius 3 is 2.20 bits per heavy atom. The number of para-hydroxylation sites is 1. The lowest BCUT2D eigenvalue weighted by Crippen LogP contribution is -2.58. The van der Waals surface area contributed by atoms with E-state index < -0.39 is 11.5 Å². The van der Waals surface area contributed by atoms with Crippen LogP contribution in [0.3, 0.4) is 0 Å². The van der Waals surface area contributed by atoms with E-state index in [0.717, 1.165) is 38.0 Å². The molecule has 2 aromatic carbocycles. The molecule has 0 atom stereocenters. The second kappa shape index (κ2) is 12.0. The average molecular weight is 548 g/mol. The number of urea groups is 1. The summed E-state index contributed by atoms with van der Waals surface area (Å²) >= 11 is 0. The van der Waals surface area contributed by atoms with Gasteiger partial charge in [-0.05, 0) is 75.4 Å². The van der Waals surface area contributed by atoms with Gasteiger partial charge in [-0.25, -0.2) is 9.59 Å². The van der Waals surface area contributed by atoms with Crippen molar-refractivity contribution < 1.29 is 23.9 Å². The summed E-state index contributed by atoms with van der Waals surface area (Å²) < 4.78 is 5.01. The molecular formula is C30H37N5O5. The fourth-order valence-corrected chi connectivity index (χ4v) is 5.92. The van der Waals surface area contributed by atoms with Gasteiger partial charge in [0.15, 0.2) is 0 Å². The normalized spacial score (nSPS) is 18.7. The van der Waals surface area contributed by atoms with Crippen LogP contribution < -0.4 is 10.2 Å². The van der Waals surface area contributed by atoms with Crippen LogP contribution in [0.2, 0.25) is 0 Å². The van der Waals surface area contributed by atoms with Gasteiger partial charge in [-0.15, -0.1) is 0 Å². The van der Waals surface area contributed by atoms with Gasteiger partial charge in [0.05, 0.1) is 18.8 Å². The topological polar surface area (TPSA) is 102 Å². The molecule has 0 saturated carbocycles. The summed E-state index contributed by atoms with van der Waals surface area (Å²) in [5, 5.41) is 2.89. The second-order valence-corrected chi connectivity index (χ2v) is 10.6. The number of nitrogens with zero attached hydrogens (tertiary/aromatic N) is 4. The van der Waals surface area contributed by atoms with E-state index >= 15 is 0 Å². The van der Waals surface area contributed by atoms with Crippen molar-refractivity contribution in [2.45, 2.75) is 44.6 Å². The molecule has 1 spiro atoms. The Morgan fingerprint density at radius 1 is 0.875 bits per heavy atom. The molecule has 2 aromatic rings. The van der Waals surface area contributed by atoms with Crippen LogP contribution in [-0.2, 0) is 14.3 Å². The third-order valence-corrected chi connectivity index (χ3v) is 8.14. The first-order valence-corrected chi connectivity index (χ1v) is 14.1. The molecule has 10 heteroatoms. The summed E-state index contributed by atoms with van der Waals surface area (Å²) in [5.41, 5.74) is 1.12. The molecule has 0 aromatic heterocycles. The number of hydrogen-bond donors (Lipinski definition) is 1. The zero-order valence-electron chi connectivity index (χ0n) is 23.0. The molecular weight excluding hydrogens is 510 g/mol. The van der Waals surface area contributed by atoms with Gasteiger partial charge in [0.25, 0.3) is 5.91 Å². The van der Waals surface area contributed by atoms with Gasteiger partial charge >= 0.3 is 12.0 Å². The van der Waals surface area contributed by atoms with E-state index in [-0.39, 0.29) is 24.4 Å². The first-order valence-electron chi connectivity index (χ1n) is 14.1. The summed E-state index contributed by atoms with van der Waals surface area (Å²) in [5.74, 6) is -0.446. The van der Waals surface area contributed by atoms with Crippen LogP contribution in [0.1, 0.15) is 49.4 Å². The minimum Gasteiger partial charge on any atom is -0.462 e. The molecule has 3 fully saturated rings. The first-order chi connectivity index (χ1) is 19.4. The molecule has 212 valence electrons. The van der Waals surface area contributed by atoms with Crippen molar-refractivity contribution in [2.24, 2.45) is 0 Å². The minimum atomic E-state index is -0.804. The third-order valence-electron chi connectivity index (χ3n) is 8.14. The number of hydrogen-bond acceptors (Lipinski definition) is 6. The molecule has 3 aliphatic heterocycles. The predicted octanol–water partition coefficient (Wildman–Crippen LogP) is 3.55. The van der Waals surface area contributed by atoms with Gasteiger partial charge in [-0.3, -0.25) is 9.59 Å². The van der Waals surface area contributed by atoms with E-state index in [1.165, 1.54) is 0 Å². The number of likely N-dealkylation sites (tertiary alicyclic amines) is 2. The maximum absolute atomic E-state index is 13.9. The maximum atomic E-state index is 13.9. The molecule has 3 saturated heterocycles. The molecule has 10 nitrogen and oxygen atoms in total. The molecule has 0 unspecified atom stereocenters. The lowest BCUT2D eigenvalue weighted by atomic mass is 9.85. The van der Waals surface area contributed by atoms with Crippen molar-refractivity contribution in [1.29, 1.82) is 0 Å². The first kappa shape index (κ1) is 27.5. The monoisotopic (exact) mass is 547 g/mol. The number of nitrogens with one attached hydrogen (secondary N) is 1. The largest absolute Gasteiger partial charge is 0.462 e. The lowest BCUT2D eigenvalue weighted by Gasteiger charge is -2.43. The minimum absolute atomic E-state index is 0.00361. The number of carbonyl (C=O) groups is 4. The number of esters is 1. The summed E-state index contributed by atoms with van der Waals surface area (Å²) in [6, 6.07) is 16.1. The van der Waals surface area contributed by atoms with Crippen molar-refractivity contribution in [3.8, 4) is 0 Å². The van der Waals surface area contributed by atoms with Crippen LogP contribution in [0.4, 0.5) is 16.2 Å². The second-order valence-electron chi connectivity index (χ2n) is 10.6. The number of benzene rings is 2. The van der Waals surface area contributed by atoms with E-state index in [2.05, 4.69) is 10.2 Å². The Labute approximate surface area is 234 Å². The summed E-state index contributed by atoms with van der Waals surface area (Å²) in [6.45, 7) is 4.78. The van der Waals surface area contributed by atoms with Gasteiger partial charge in [0, 0.05) is 37.6 Å². The standard InChI is InChI=1S/C30H37N5O5/c1-2-40-27(37)23-11-13-24(14-12-23)31-29(39)33-19-15-30(16-20-33)28(38)34(21-26(36)32-17-7-4-8-18-32)22-35(30)25-9-5-3-6-10-25/h3,5-6,9-14H,2,4,7-8,15-22H2,1H3,(H,31,39). The van der Waals surface area contributed by atoms with Crippen LogP contribution in [0, 0.1) is 0 Å². The van der Waals surface area contributed by atoms with Gasteiger partial charge in [-0.2, -0.15) is 0 Å². The summed E-state index contributed by atoms with van der Waals surface area (Å²) in [4.78, 5) is 59.3. The highest BCUT2D eigenvalue weighted by atomic mass is 16.5. The molecule has 40 heavy (non-hydrogen) atoms. The molecule has 3 heterocycles. The van der Waals surface area contributed by atoms with E-state index in [1.54, 1.807) is 41.0 Å². The van der Waals surface area contributed by atoms with Gasteiger partial charge < -0.3 is 29.7 Å². The number of rotatable bonds is 6. The van der Waals surface area contributed by atoms with Crippen LogP contribution in [0.25, 0.3) is 0 Å². The Hall–Kier alpha value is -4.08. The molecule has 0 radical (unpaired) electrons. The SMILES string of the molecule is CCOC(=O)c1ccc(NC(=O)N2CCC3(CC2)C(=O)N(CC(=O)N2CCCCC2)CN3c2ccccc2)cc1. The third kappa shape index (κ3) is 5.61. The zero-order chi connectivity index (χ0) is 28.1. The fourth-order valence-electron chi connectivity index (χ4n) is 5.92. The molecule has 0 aliphatic carbocycles. The number of piperidine rings is 2. The number of amides is 4. The highest BCUT2D eigenvalue weighted by Gasteiger charge is 2.54. The van der Waals surface area contributed by atoms with Gasteiger partial charge in [0.1, 0.15) is 12.1 Å². The van der Waals surface area contributed by atoms with E-state index in [4.69, 9.17) is 4.74 Å². The zero-order valence-corrected chi connectivity index (χ0v) is 23.0. The smallest absolute Gasteiger partial charge is 0.338 e. The van der Waals surface area contributed by atoms with E-state index in [0.29, 0.717) is 50.5 Å². The van der Waals surface area contributed by atoms with Crippen molar-refractivity contribution in [1.82, 2.24) is 14.7 Å². The van der Waals surface area contributed by atoms with Crippen LogP contribution in [0.5, 0.6) is 0 Å². The number of anilines is 2. The maximum Gasteiger partial charge on any atom is 0.338 e. The van der Waals surface area contributed by atoms with Gasteiger partial charge in [0.2, 0.25) is 5.91 Å². The Balaban J connectivity index is 1.26. The average Bonchev–Trinajstić information content (AvgIpc) is 3.25. The summed E-state index contributed by atoms with van der Waals surface area (Å²) in [7, 11) is 0. The molecule has 3 aliphatic rings. The Kier molecular flexibility index (Phi) is 8.23. The van der Waals surface area contributed by atoms with Crippen LogP contribution in [-0.4, -0.2) is 90.1 Å². The van der Waals surface area contributed by atoms with Crippen molar-refractivity contribution in [2.75, 3.05) is 56.2 Å². The fraction of sp³-hybridized carbons (Fsp3) is 0.467. The quantitative estimate of drug-likeness (QED) is 0.555. The lowest BCUT2D eigenvalue weighted by molar-refractivity contribution is -0.141.